The predicted octanol–water partition coefficient (Wildman–Crippen LogP) is -0.262. The van der Waals surface area contributed by atoms with E-state index in [1.165, 1.54) is 0 Å². The number of aromatic nitrogens is 1. The van der Waals surface area contributed by atoms with E-state index < -0.39 is 5.97 Å². The molecule has 2 heterocycles. The summed E-state index contributed by atoms with van der Waals surface area (Å²) in [5, 5.41) is 13.2. The Morgan fingerprint density at radius 1 is 1.33 bits per heavy atom. The minimum Gasteiger partial charge on any atom is -0.480 e. The first-order valence-electron chi connectivity index (χ1n) is 6.68. The largest absolute Gasteiger partial charge is 0.480 e. The van der Waals surface area contributed by atoms with E-state index in [4.69, 9.17) is 5.11 Å². The number of H-pyrrole nitrogens is 1. The summed E-state index contributed by atoms with van der Waals surface area (Å²) in [5.74, 6) is -0.852. The summed E-state index contributed by atoms with van der Waals surface area (Å²) in [5.41, 5.74) is 0.681. The molecule has 1 aliphatic rings. The zero-order valence-corrected chi connectivity index (χ0v) is 12.3. The number of carbonyl (C=O) groups excluding carboxylic acids is 1. The van der Waals surface area contributed by atoms with E-state index in [1.807, 2.05) is 4.90 Å². The summed E-state index contributed by atoms with van der Waals surface area (Å²) in [4.78, 5) is 39.7. The molecule has 0 aromatic carbocycles. The van der Waals surface area contributed by atoms with Crippen molar-refractivity contribution in [1.29, 1.82) is 0 Å². The number of hydrogen-bond acceptors (Lipinski definition) is 5. The lowest BCUT2D eigenvalue weighted by Crippen LogP contribution is -2.42. The molecular weight excluding hydrogens is 296 g/mol. The number of carbonyl (C=O) groups is 2. The Balaban J connectivity index is 1.79. The monoisotopic (exact) mass is 314 g/mol. The van der Waals surface area contributed by atoms with Crippen molar-refractivity contribution < 1.29 is 14.7 Å². The van der Waals surface area contributed by atoms with E-state index >= 15 is 0 Å². The fraction of sp³-hybridized carbons (Fsp3) is 0.583. The number of hydrogen-bond donors (Lipinski definition) is 3. The normalized spacial score (nSPS) is 16.5. The maximum atomic E-state index is 12.1. The van der Waals surface area contributed by atoms with Gasteiger partial charge in [0, 0.05) is 37.3 Å². The highest BCUT2D eigenvalue weighted by Crippen LogP contribution is 2.04. The van der Waals surface area contributed by atoms with Crippen LogP contribution in [0.4, 0.5) is 4.79 Å². The topological polar surface area (TPSA) is 106 Å². The molecule has 0 saturated carbocycles. The maximum absolute atomic E-state index is 12.1. The number of urea groups is 1. The third-order valence-corrected chi connectivity index (χ3v) is 3.95. The lowest BCUT2D eigenvalue weighted by molar-refractivity contribution is -0.138. The highest BCUT2D eigenvalue weighted by Gasteiger charge is 2.20. The molecule has 0 aliphatic carbocycles. The lowest BCUT2D eigenvalue weighted by Gasteiger charge is -2.21. The maximum Gasteiger partial charge on any atom is 0.317 e. The van der Waals surface area contributed by atoms with Gasteiger partial charge < -0.3 is 20.3 Å². The van der Waals surface area contributed by atoms with Crippen molar-refractivity contribution >= 4 is 23.3 Å². The van der Waals surface area contributed by atoms with Gasteiger partial charge in [-0.3, -0.25) is 14.5 Å². The van der Waals surface area contributed by atoms with Gasteiger partial charge in [0.1, 0.15) is 0 Å². The molecule has 3 N–H and O–H groups in total. The molecule has 1 aromatic rings. The van der Waals surface area contributed by atoms with Gasteiger partial charge in [-0.05, 0) is 6.42 Å². The Hall–Kier alpha value is -1.87. The Labute approximate surface area is 125 Å². The summed E-state index contributed by atoms with van der Waals surface area (Å²) >= 11 is 1.06. The highest BCUT2D eigenvalue weighted by atomic mass is 32.1. The van der Waals surface area contributed by atoms with Crippen LogP contribution in [0, 0.1) is 0 Å². The van der Waals surface area contributed by atoms with Gasteiger partial charge in [-0.15, -0.1) is 0 Å². The SMILES string of the molecule is O=C(O)CN1CCCN(C(=O)NCc2csc(=O)[nH]2)CC1. The number of nitrogens with zero attached hydrogens (tertiary/aromatic N) is 2. The van der Waals surface area contributed by atoms with Crippen LogP contribution in [0.5, 0.6) is 0 Å². The Morgan fingerprint density at radius 2 is 2.14 bits per heavy atom. The van der Waals surface area contributed by atoms with Crippen LogP contribution < -0.4 is 10.2 Å². The van der Waals surface area contributed by atoms with Gasteiger partial charge in [-0.25, -0.2) is 4.79 Å². The molecule has 1 aliphatic heterocycles. The molecule has 0 radical (unpaired) electrons. The molecule has 8 nitrogen and oxygen atoms in total. The number of aliphatic carboxylic acids is 1. The first-order valence-corrected chi connectivity index (χ1v) is 7.56. The molecule has 1 aromatic heterocycles. The van der Waals surface area contributed by atoms with Crippen LogP contribution >= 0.6 is 11.3 Å². The second kappa shape index (κ2) is 7.23. The van der Waals surface area contributed by atoms with E-state index in [9.17, 15) is 14.4 Å². The Morgan fingerprint density at radius 3 is 2.81 bits per heavy atom. The molecule has 1 saturated heterocycles. The fourth-order valence-corrected chi connectivity index (χ4v) is 2.79. The predicted molar refractivity (Wildman–Crippen MR) is 77.4 cm³/mol. The highest BCUT2D eigenvalue weighted by molar-refractivity contribution is 7.07. The number of carboxylic acids is 1. The summed E-state index contributed by atoms with van der Waals surface area (Å²) in [6.45, 7) is 2.61. The van der Waals surface area contributed by atoms with Crippen LogP contribution in [0.1, 0.15) is 12.1 Å². The summed E-state index contributed by atoms with van der Waals surface area (Å²) in [7, 11) is 0. The minimum absolute atomic E-state index is 0.00556. The first-order chi connectivity index (χ1) is 10.0. The molecule has 0 bridgehead atoms. The van der Waals surface area contributed by atoms with Crippen LogP contribution in [0.25, 0.3) is 0 Å². The number of aromatic amines is 1. The summed E-state index contributed by atoms with van der Waals surface area (Å²) in [6, 6.07) is -0.195. The van der Waals surface area contributed by atoms with Crippen LogP contribution in [-0.2, 0) is 11.3 Å². The van der Waals surface area contributed by atoms with Crippen molar-refractivity contribution in [2.75, 3.05) is 32.7 Å². The molecule has 2 rings (SSSR count). The Kier molecular flexibility index (Phi) is 5.34. The molecule has 9 heteroatoms. The van der Waals surface area contributed by atoms with Crippen molar-refractivity contribution in [3.63, 3.8) is 0 Å². The molecule has 0 atom stereocenters. The summed E-state index contributed by atoms with van der Waals surface area (Å²) < 4.78 is 0. The quantitative estimate of drug-likeness (QED) is 0.710. The Bertz CT molecular complexity index is 555. The molecule has 0 spiro atoms. The number of thiazole rings is 1. The number of nitrogens with one attached hydrogen (secondary N) is 2. The molecule has 21 heavy (non-hydrogen) atoms. The number of amides is 2. The van der Waals surface area contributed by atoms with Crippen molar-refractivity contribution in [3.05, 3.63) is 20.7 Å². The molecule has 2 amide bonds. The van der Waals surface area contributed by atoms with Crippen LogP contribution in [0.3, 0.4) is 0 Å². The van der Waals surface area contributed by atoms with E-state index in [-0.39, 0.29) is 24.0 Å². The molecule has 116 valence electrons. The molecule has 0 unspecified atom stereocenters. The molecular formula is C12H18N4O4S. The van der Waals surface area contributed by atoms with E-state index in [0.717, 1.165) is 17.8 Å². The van der Waals surface area contributed by atoms with Gasteiger partial charge in [0.05, 0.1) is 13.1 Å². The second-order valence-electron chi connectivity index (χ2n) is 4.84. The van der Waals surface area contributed by atoms with Gasteiger partial charge >= 0.3 is 16.9 Å². The van der Waals surface area contributed by atoms with Gasteiger partial charge in [0.15, 0.2) is 0 Å². The van der Waals surface area contributed by atoms with Crippen LogP contribution in [0.15, 0.2) is 10.2 Å². The summed E-state index contributed by atoms with van der Waals surface area (Å²) in [6.07, 6.45) is 0.746. The van der Waals surface area contributed by atoms with Crippen molar-refractivity contribution in [2.24, 2.45) is 0 Å². The van der Waals surface area contributed by atoms with Crippen molar-refractivity contribution in [2.45, 2.75) is 13.0 Å². The average Bonchev–Trinajstić information content (AvgIpc) is 2.70. The number of rotatable bonds is 4. The zero-order chi connectivity index (χ0) is 15.2. The fourth-order valence-electron chi connectivity index (χ4n) is 2.21. The minimum atomic E-state index is -0.852. The van der Waals surface area contributed by atoms with Crippen LogP contribution in [-0.4, -0.2) is 64.6 Å². The standard InChI is InChI=1S/C12H18N4O4S/c17-10(18)7-15-2-1-3-16(5-4-15)11(19)13-6-9-8-21-12(20)14-9/h8H,1-7H2,(H,13,19)(H,14,20)(H,17,18). The van der Waals surface area contributed by atoms with Gasteiger partial charge in [-0.2, -0.15) is 0 Å². The first kappa shape index (κ1) is 15.5. The van der Waals surface area contributed by atoms with Gasteiger partial charge in [-0.1, -0.05) is 11.3 Å². The third kappa shape index (κ3) is 4.87. The van der Waals surface area contributed by atoms with Gasteiger partial charge in [0.2, 0.25) is 0 Å². The van der Waals surface area contributed by atoms with Crippen molar-refractivity contribution in [1.82, 2.24) is 20.1 Å². The number of carboxylic acid groups (broad SMARTS) is 1. The second-order valence-corrected chi connectivity index (χ2v) is 5.68. The van der Waals surface area contributed by atoms with E-state index in [1.54, 1.807) is 10.3 Å². The van der Waals surface area contributed by atoms with Crippen LogP contribution in [0.2, 0.25) is 0 Å². The van der Waals surface area contributed by atoms with E-state index in [2.05, 4.69) is 10.3 Å². The smallest absolute Gasteiger partial charge is 0.317 e. The van der Waals surface area contributed by atoms with E-state index in [0.29, 0.717) is 31.9 Å². The zero-order valence-electron chi connectivity index (χ0n) is 11.5. The third-order valence-electron chi connectivity index (χ3n) is 3.24. The molecule has 1 fully saturated rings. The lowest BCUT2D eigenvalue weighted by atomic mass is 10.4. The average molecular weight is 314 g/mol. The van der Waals surface area contributed by atoms with Gasteiger partial charge in [0.25, 0.3) is 0 Å². The van der Waals surface area contributed by atoms with Crippen molar-refractivity contribution in [3.8, 4) is 0 Å².